The Kier molecular flexibility index (Phi) is 2.23. The van der Waals surface area contributed by atoms with Gasteiger partial charge in [0.1, 0.15) is 0 Å². The van der Waals surface area contributed by atoms with Crippen LogP contribution in [0.2, 0.25) is 0 Å². The van der Waals surface area contributed by atoms with E-state index < -0.39 is 0 Å². The van der Waals surface area contributed by atoms with Gasteiger partial charge < -0.3 is 0 Å². The zero-order chi connectivity index (χ0) is 19.0. The first-order chi connectivity index (χ1) is 14.2. The Bertz CT molecular complexity index is 1870. The van der Waals surface area contributed by atoms with Gasteiger partial charge in [-0.3, -0.25) is 0 Å². The molecule has 0 aliphatic heterocycles. The molecule has 29 heavy (non-hydrogen) atoms. The van der Waals surface area contributed by atoms with Crippen molar-refractivity contribution in [1.82, 2.24) is 0 Å². The molecule has 0 amide bonds. The van der Waals surface area contributed by atoms with Gasteiger partial charge >= 0.3 is 0 Å². The number of benzene rings is 6. The highest BCUT2D eigenvalue weighted by atomic mass is 14.3. The number of hydrogen-bond donors (Lipinski definition) is 0. The monoisotopic (exact) mass is 366 g/mol. The van der Waals surface area contributed by atoms with Gasteiger partial charge in [0.05, 0.1) is 0 Å². The van der Waals surface area contributed by atoms with Crippen molar-refractivity contribution in [3.63, 3.8) is 0 Å². The molecule has 8 rings (SSSR count). The molecule has 0 heterocycles. The van der Waals surface area contributed by atoms with E-state index in [0.29, 0.717) is 5.92 Å². The summed E-state index contributed by atoms with van der Waals surface area (Å²) in [4.78, 5) is 0. The Morgan fingerprint density at radius 1 is 0.414 bits per heavy atom. The lowest BCUT2D eigenvalue weighted by Gasteiger charge is -2.13. The highest BCUT2D eigenvalue weighted by Crippen LogP contribution is 2.55. The third-order valence-electron chi connectivity index (χ3n) is 7.43. The first-order valence-corrected chi connectivity index (χ1v) is 10.6. The number of rotatable bonds is 1. The fourth-order valence-corrected chi connectivity index (χ4v) is 6.25. The van der Waals surface area contributed by atoms with Crippen LogP contribution in [0.3, 0.4) is 0 Å². The number of hydrogen-bond acceptors (Lipinski definition) is 0. The van der Waals surface area contributed by atoms with E-state index >= 15 is 0 Å². The fourth-order valence-electron chi connectivity index (χ4n) is 6.25. The smallest absolute Gasteiger partial charge is 0.0000933 e. The summed E-state index contributed by atoms with van der Waals surface area (Å²) in [6, 6.07) is 25.6. The predicted octanol–water partition coefficient (Wildman–Crippen LogP) is 8.63. The van der Waals surface area contributed by atoms with Gasteiger partial charge in [-0.2, -0.15) is 0 Å². The Morgan fingerprint density at radius 2 is 0.724 bits per heavy atom. The van der Waals surface area contributed by atoms with E-state index in [-0.39, 0.29) is 0 Å². The molecule has 0 aliphatic carbocycles. The predicted molar refractivity (Wildman–Crippen MR) is 128 cm³/mol. The third kappa shape index (κ3) is 1.41. The molecule has 134 valence electrons. The van der Waals surface area contributed by atoms with Crippen molar-refractivity contribution in [3.05, 3.63) is 72.3 Å². The van der Waals surface area contributed by atoms with Crippen molar-refractivity contribution in [2.75, 3.05) is 0 Å². The summed E-state index contributed by atoms with van der Waals surface area (Å²) in [7, 11) is 0. The molecule has 0 atom stereocenters. The van der Waals surface area contributed by atoms with Crippen LogP contribution >= 0.6 is 0 Å². The van der Waals surface area contributed by atoms with Crippen LogP contribution in [0.5, 0.6) is 0 Å². The second kappa shape index (κ2) is 4.44. The van der Waals surface area contributed by atoms with Crippen LogP contribution in [0.15, 0.2) is 66.7 Å². The summed E-state index contributed by atoms with van der Waals surface area (Å²) in [6.45, 7) is 4.61. The normalized spacial score (nSPS) is 13.5. The maximum Gasteiger partial charge on any atom is -0.0000933 e. The molecule has 8 aromatic carbocycles. The summed E-state index contributed by atoms with van der Waals surface area (Å²) >= 11 is 0. The minimum Gasteiger partial charge on any atom is -0.0610 e. The van der Waals surface area contributed by atoms with Crippen molar-refractivity contribution in [2.45, 2.75) is 19.8 Å². The molecule has 8 aromatic rings. The van der Waals surface area contributed by atoms with E-state index in [1.807, 2.05) is 0 Å². The van der Waals surface area contributed by atoms with Gasteiger partial charge in [0.25, 0.3) is 0 Å². The fraction of sp³-hybridized carbons (Fsp3) is 0.103. The zero-order valence-electron chi connectivity index (χ0n) is 16.4. The molecule has 0 spiro atoms. The van der Waals surface area contributed by atoms with Crippen LogP contribution in [0, 0.1) is 0 Å². The van der Waals surface area contributed by atoms with Crippen LogP contribution in [0.4, 0.5) is 0 Å². The molecular formula is C29H18. The van der Waals surface area contributed by atoms with E-state index in [2.05, 4.69) is 80.6 Å². The topological polar surface area (TPSA) is 0 Å². The molecule has 0 fully saturated rings. The summed E-state index contributed by atoms with van der Waals surface area (Å²) in [5.74, 6) is 0.515. The Labute approximate surface area is 167 Å². The molecule has 0 heteroatoms. The van der Waals surface area contributed by atoms with Gasteiger partial charge in [0, 0.05) is 0 Å². The van der Waals surface area contributed by atoms with E-state index in [0.717, 1.165) is 0 Å². The first-order valence-electron chi connectivity index (χ1n) is 10.6. The third-order valence-corrected chi connectivity index (χ3v) is 7.43. The second-order valence-electron chi connectivity index (χ2n) is 9.08. The van der Waals surface area contributed by atoms with Crippen molar-refractivity contribution < 1.29 is 0 Å². The van der Waals surface area contributed by atoms with E-state index in [1.54, 1.807) is 0 Å². The molecule has 0 radical (unpaired) electrons. The zero-order valence-corrected chi connectivity index (χ0v) is 16.4. The molecule has 0 nitrogen and oxygen atoms in total. The van der Waals surface area contributed by atoms with Gasteiger partial charge in [-0.25, -0.2) is 0 Å². The van der Waals surface area contributed by atoms with Gasteiger partial charge in [-0.1, -0.05) is 80.6 Å². The summed E-state index contributed by atoms with van der Waals surface area (Å²) in [5.41, 5.74) is 1.44. The average molecular weight is 366 g/mol. The van der Waals surface area contributed by atoms with Crippen LogP contribution in [-0.4, -0.2) is 0 Å². The maximum atomic E-state index is 2.47. The maximum absolute atomic E-state index is 2.47. The molecule has 0 saturated carbocycles. The summed E-state index contributed by atoms with van der Waals surface area (Å²) in [5, 5.41) is 20.2. The van der Waals surface area contributed by atoms with Crippen LogP contribution in [0.25, 0.3) is 75.4 Å². The minimum atomic E-state index is 0.515. The highest BCUT2D eigenvalue weighted by molar-refractivity contribution is 6.54. The highest BCUT2D eigenvalue weighted by Gasteiger charge is 2.26. The molecule has 0 unspecified atom stereocenters. The van der Waals surface area contributed by atoms with Crippen LogP contribution in [0.1, 0.15) is 25.3 Å². The van der Waals surface area contributed by atoms with Crippen LogP contribution < -0.4 is 0 Å². The SMILES string of the molecule is CC(C)c1cc2c3cccc4c5cccc6c7cccc8c(c1)c2c(c78)c(c56)c43. The Hall–Kier alpha value is -3.38. The van der Waals surface area contributed by atoms with Crippen molar-refractivity contribution in [3.8, 4) is 0 Å². The van der Waals surface area contributed by atoms with Crippen LogP contribution in [-0.2, 0) is 0 Å². The molecule has 0 N–H and O–H groups in total. The van der Waals surface area contributed by atoms with Crippen molar-refractivity contribution in [1.29, 1.82) is 0 Å². The Morgan fingerprint density at radius 3 is 1.07 bits per heavy atom. The van der Waals surface area contributed by atoms with Crippen molar-refractivity contribution >= 4 is 75.4 Å². The largest absolute Gasteiger partial charge is 0.0610 e. The second-order valence-corrected chi connectivity index (χ2v) is 9.08. The number of fused-ring (bicyclic) bond motifs is 4. The van der Waals surface area contributed by atoms with Gasteiger partial charge in [0.2, 0.25) is 0 Å². The Balaban J connectivity index is 1.93. The molecular weight excluding hydrogens is 348 g/mol. The summed E-state index contributed by atoms with van der Waals surface area (Å²) < 4.78 is 0. The lowest BCUT2D eigenvalue weighted by molar-refractivity contribution is 0.870. The molecule has 0 saturated heterocycles. The quantitative estimate of drug-likeness (QED) is 0.255. The lowest BCUT2D eigenvalue weighted by Crippen LogP contribution is -1.88. The van der Waals surface area contributed by atoms with Gasteiger partial charge in [-0.15, -0.1) is 0 Å². The van der Waals surface area contributed by atoms with E-state index in [9.17, 15) is 0 Å². The average Bonchev–Trinajstić information content (AvgIpc) is 3.26. The lowest BCUT2D eigenvalue weighted by atomic mass is 9.90. The molecule has 0 bridgehead atoms. The van der Waals surface area contributed by atoms with Crippen molar-refractivity contribution in [2.24, 2.45) is 0 Å². The van der Waals surface area contributed by atoms with Gasteiger partial charge in [0.15, 0.2) is 0 Å². The molecule has 0 aromatic heterocycles. The summed E-state index contributed by atoms with van der Waals surface area (Å²) in [6.07, 6.45) is 0. The van der Waals surface area contributed by atoms with E-state index in [1.165, 1.54) is 81.0 Å². The van der Waals surface area contributed by atoms with E-state index in [4.69, 9.17) is 0 Å². The standard InChI is InChI=1S/C29H18/c1-14(2)15-12-22-20-10-4-8-18-16-6-3-7-17-19-9-5-11-21-23(13-15)27(22)29(26(19)21)28(24(16)17)25(18)20/h3-14H,1-2H3. The molecule has 0 aliphatic rings. The van der Waals surface area contributed by atoms with Gasteiger partial charge in [-0.05, 0) is 86.9 Å². The first kappa shape index (κ1) is 14.6. The minimum absolute atomic E-state index is 0.515.